The molecule has 1 heterocycles. The molecule has 1 fully saturated rings. The van der Waals surface area contributed by atoms with Crippen molar-refractivity contribution in [2.24, 2.45) is 5.73 Å². The summed E-state index contributed by atoms with van der Waals surface area (Å²) in [6, 6.07) is -1.04. The van der Waals surface area contributed by atoms with Crippen LogP contribution in [0.4, 0.5) is 0 Å². The molecule has 13 heavy (non-hydrogen) atoms. The second kappa shape index (κ2) is 6.08. The van der Waals surface area contributed by atoms with Gasteiger partial charge in [0.15, 0.2) is 6.29 Å². The number of rotatable bonds is 1. The molecule has 5 atom stereocenters. The molecule has 0 aliphatic carbocycles. The first-order valence-corrected chi connectivity index (χ1v) is 3.64. The maximum atomic E-state index is 9.20. The Hall–Kier alpha value is 1.40. The Morgan fingerprint density at radius 2 is 1.77 bits per heavy atom. The second-order valence-corrected chi connectivity index (χ2v) is 2.81. The number of hydrogen-bond donors (Lipinski definition) is 5. The van der Waals surface area contributed by atoms with E-state index in [2.05, 4.69) is 0 Å². The third-order valence-electron chi connectivity index (χ3n) is 1.95. The Morgan fingerprint density at radius 1 is 1.23 bits per heavy atom. The van der Waals surface area contributed by atoms with Gasteiger partial charge in [0.2, 0.25) is 0 Å². The average Bonchev–Trinajstić information content (AvgIpc) is 2.08. The minimum Gasteiger partial charge on any atom is -1.00 e. The summed E-state index contributed by atoms with van der Waals surface area (Å²) in [6.07, 6.45) is -4.85. The van der Waals surface area contributed by atoms with Crippen LogP contribution < -0.4 is 57.1 Å². The first kappa shape index (κ1) is 14.4. The molecule has 0 aromatic rings. The minimum absolute atomic E-state index is 0. The molecule has 0 aromatic heterocycles. The van der Waals surface area contributed by atoms with Gasteiger partial charge in [-0.2, -0.15) is 0 Å². The molecule has 1 aliphatic heterocycles. The van der Waals surface area contributed by atoms with E-state index in [-0.39, 0.29) is 52.8 Å². The Bertz CT molecular complexity index is 160. The van der Waals surface area contributed by atoms with Gasteiger partial charge >= 0.3 is 51.4 Å². The van der Waals surface area contributed by atoms with Gasteiger partial charge in [0.05, 0.1) is 12.6 Å². The van der Waals surface area contributed by atoms with Crippen LogP contribution >= 0.6 is 0 Å². The summed E-state index contributed by atoms with van der Waals surface area (Å²) in [6.45, 7) is -0.470. The van der Waals surface area contributed by atoms with Gasteiger partial charge in [0, 0.05) is 0 Å². The normalized spacial score (nSPS) is 45.5. The quantitative estimate of drug-likeness (QED) is 0.280. The summed E-state index contributed by atoms with van der Waals surface area (Å²) in [5.74, 6) is 0. The van der Waals surface area contributed by atoms with Crippen LogP contribution in [0, 0.1) is 0 Å². The molecular formula is C6H14KNO5. The van der Waals surface area contributed by atoms with Crippen LogP contribution in [0.5, 0.6) is 0 Å². The molecular weight excluding hydrogens is 205 g/mol. The van der Waals surface area contributed by atoms with Gasteiger partial charge in [0.1, 0.15) is 18.3 Å². The first-order valence-electron chi connectivity index (χ1n) is 3.64. The van der Waals surface area contributed by atoms with E-state index in [9.17, 15) is 10.2 Å². The van der Waals surface area contributed by atoms with Crippen molar-refractivity contribution in [1.29, 1.82) is 0 Å². The van der Waals surface area contributed by atoms with Crippen LogP contribution in [-0.4, -0.2) is 57.7 Å². The van der Waals surface area contributed by atoms with E-state index in [0.29, 0.717) is 0 Å². The van der Waals surface area contributed by atoms with Crippen LogP contribution in [-0.2, 0) is 4.74 Å². The molecule has 6 N–H and O–H groups in total. The molecule has 7 heteroatoms. The van der Waals surface area contributed by atoms with Crippen molar-refractivity contribution in [2.75, 3.05) is 6.61 Å². The standard InChI is InChI=1S/C6H13NO5.K.H/c7-3-5(10)4(9)2(1-8)12-6(3)11;;/h2-6,8-11H,1,7H2;;/q;+1;-1/t2-,3-,4-,5-,6-;;/m1../s1. The summed E-state index contributed by atoms with van der Waals surface area (Å²) in [5.41, 5.74) is 5.26. The topological polar surface area (TPSA) is 116 Å². The van der Waals surface area contributed by atoms with Crippen molar-refractivity contribution in [3.63, 3.8) is 0 Å². The van der Waals surface area contributed by atoms with Crippen molar-refractivity contribution in [2.45, 2.75) is 30.6 Å². The fraction of sp³-hybridized carbons (Fsp3) is 1.00. The molecule has 0 unspecified atom stereocenters. The van der Waals surface area contributed by atoms with Gasteiger partial charge in [0.25, 0.3) is 0 Å². The SMILES string of the molecule is N[C@@H]1[C@@H](O)[C@H](O)[C@@H](CO)O[C@H]1O.[H-].[K+]. The molecule has 1 aliphatic rings. The molecule has 0 aromatic carbocycles. The van der Waals surface area contributed by atoms with E-state index in [1.807, 2.05) is 0 Å². The Morgan fingerprint density at radius 3 is 2.23 bits per heavy atom. The molecule has 0 radical (unpaired) electrons. The molecule has 74 valence electrons. The Balaban J connectivity index is 0. The zero-order valence-electron chi connectivity index (χ0n) is 8.37. The number of aliphatic hydroxyl groups is 4. The largest absolute Gasteiger partial charge is 1.00 e. The number of ether oxygens (including phenoxy) is 1. The van der Waals surface area contributed by atoms with Gasteiger partial charge in [-0.3, -0.25) is 0 Å². The van der Waals surface area contributed by atoms with Gasteiger partial charge in [-0.05, 0) is 0 Å². The van der Waals surface area contributed by atoms with E-state index in [1.54, 1.807) is 0 Å². The first-order chi connectivity index (χ1) is 5.57. The third kappa shape index (κ3) is 3.18. The molecule has 0 bridgehead atoms. The number of aliphatic hydroxyl groups excluding tert-OH is 4. The van der Waals surface area contributed by atoms with Crippen LogP contribution in [0.25, 0.3) is 0 Å². The maximum Gasteiger partial charge on any atom is 1.00 e. The second-order valence-electron chi connectivity index (χ2n) is 2.81. The van der Waals surface area contributed by atoms with E-state index in [1.165, 1.54) is 0 Å². The van der Waals surface area contributed by atoms with Crippen LogP contribution in [0.1, 0.15) is 1.43 Å². The van der Waals surface area contributed by atoms with Gasteiger partial charge in [-0.25, -0.2) is 0 Å². The smallest absolute Gasteiger partial charge is 1.00 e. The van der Waals surface area contributed by atoms with Crippen LogP contribution in [0.2, 0.25) is 0 Å². The number of hydrogen-bond acceptors (Lipinski definition) is 6. The predicted octanol–water partition coefficient (Wildman–Crippen LogP) is -6.14. The summed E-state index contributed by atoms with van der Waals surface area (Å²) >= 11 is 0. The third-order valence-corrected chi connectivity index (χ3v) is 1.95. The summed E-state index contributed by atoms with van der Waals surface area (Å²) < 4.78 is 4.70. The molecule has 1 rings (SSSR count). The molecule has 1 saturated heterocycles. The van der Waals surface area contributed by atoms with Gasteiger partial charge in [-0.1, -0.05) is 0 Å². The number of nitrogens with two attached hydrogens (primary N) is 1. The summed E-state index contributed by atoms with van der Waals surface area (Å²) in [5, 5.41) is 36.1. The van der Waals surface area contributed by atoms with E-state index < -0.39 is 37.3 Å². The molecule has 0 amide bonds. The van der Waals surface area contributed by atoms with Crippen LogP contribution in [0.15, 0.2) is 0 Å². The summed E-state index contributed by atoms with van der Waals surface area (Å²) in [4.78, 5) is 0. The summed E-state index contributed by atoms with van der Waals surface area (Å²) in [7, 11) is 0. The van der Waals surface area contributed by atoms with Crippen molar-refractivity contribution < 1.29 is 78.0 Å². The van der Waals surface area contributed by atoms with Crippen molar-refractivity contribution in [3.8, 4) is 0 Å². The average molecular weight is 219 g/mol. The van der Waals surface area contributed by atoms with Gasteiger partial charge in [-0.15, -0.1) is 0 Å². The monoisotopic (exact) mass is 219 g/mol. The fourth-order valence-electron chi connectivity index (χ4n) is 1.12. The van der Waals surface area contributed by atoms with Crippen molar-refractivity contribution in [1.82, 2.24) is 0 Å². The zero-order valence-corrected chi connectivity index (χ0v) is 10.5. The minimum atomic E-state index is -1.35. The molecule has 0 spiro atoms. The molecule has 0 saturated carbocycles. The van der Waals surface area contributed by atoms with Crippen LogP contribution in [0.3, 0.4) is 0 Å². The molecule has 6 nitrogen and oxygen atoms in total. The fourth-order valence-corrected chi connectivity index (χ4v) is 1.12. The van der Waals surface area contributed by atoms with E-state index in [0.717, 1.165) is 0 Å². The predicted molar refractivity (Wildman–Crippen MR) is 39.1 cm³/mol. The van der Waals surface area contributed by atoms with E-state index >= 15 is 0 Å². The Labute approximate surface area is 120 Å². The van der Waals surface area contributed by atoms with E-state index in [4.69, 9.17) is 20.7 Å². The Kier molecular flexibility index (Phi) is 6.74. The van der Waals surface area contributed by atoms with Gasteiger partial charge < -0.3 is 32.3 Å². The van der Waals surface area contributed by atoms with Crippen molar-refractivity contribution >= 4 is 0 Å². The maximum absolute atomic E-state index is 9.20. The van der Waals surface area contributed by atoms with Crippen molar-refractivity contribution in [3.05, 3.63) is 0 Å². The zero-order chi connectivity index (χ0) is 9.30.